The van der Waals surface area contributed by atoms with E-state index in [1.807, 2.05) is 6.07 Å². The van der Waals surface area contributed by atoms with E-state index in [-0.39, 0.29) is 5.91 Å². The van der Waals surface area contributed by atoms with Gasteiger partial charge in [-0.2, -0.15) is 0 Å². The van der Waals surface area contributed by atoms with Crippen molar-refractivity contribution in [2.24, 2.45) is 0 Å². The van der Waals surface area contributed by atoms with Crippen molar-refractivity contribution in [3.8, 4) is 0 Å². The van der Waals surface area contributed by atoms with Gasteiger partial charge in [0.25, 0.3) is 5.91 Å². The SMILES string of the molecule is CN(C(=O)c1ccco1)c1cccnc1. The van der Waals surface area contributed by atoms with Crippen LogP contribution in [0.25, 0.3) is 0 Å². The number of rotatable bonds is 2. The second kappa shape index (κ2) is 3.96. The molecule has 0 spiro atoms. The summed E-state index contributed by atoms with van der Waals surface area (Å²) < 4.78 is 5.03. The van der Waals surface area contributed by atoms with Gasteiger partial charge in [0.2, 0.25) is 0 Å². The zero-order valence-electron chi connectivity index (χ0n) is 8.25. The highest BCUT2D eigenvalue weighted by molar-refractivity contribution is 6.03. The molecule has 1 amide bonds. The van der Waals surface area contributed by atoms with Crippen LogP contribution in [0.2, 0.25) is 0 Å². The standard InChI is InChI=1S/C11H10N2O2/c1-13(9-4-2-6-12-8-9)11(14)10-5-3-7-15-10/h2-8H,1H3. The molecule has 0 bridgehead atoms. The van der Waals surface area contributed by atoms with Gasteiger partial charge in [-0.05, 0) is 24.3 Å². The lowest BCUT2D eigenvalue weighted by Crippen LogP contribution is -2.25. The Kier molecular flexibility index (Phi) is 2.49. The van der Waals surface area contributed by atoms with E-state index >= 15 is 0 Å². The Morgan fingerprint density at radius 3 is 2.87 bits per heavy atom. The molecular weight excluding hydrogens is 192 g/mol. The molecule has 4 heteroatoms. The van der Waals surface area contributed by atoms with Gasteiger partial charge in [0, 0.05) is 13.2 Å². The Bertz CT molecular complexity index is 437. The summed E-state index contributed by atoms with van der Waals surface area (Å²) >= 11 is 0. The molecule has 2 aromatic heterocycles. The second-order valence-corrected chi connectivity index (χ2v) is 3.05. The minimum absolute atomic E-state index is 0.187. The van der Waals surface area contributed by atoms with Gasteiger partial charge in [-0.15, -0.1) is 0 Å². The molecule has 2 rings (SSSR count). The predicted octanol–water partition coefficient (Wildman–Crippen LogP) is 1.95. The van der Waals surface area contributed by atoms with E-state index < -0.39 is 0 Å². The summed E-state index contributed by atoms with van der Waals surface area (Å²) in [6.07, 6.45) is 4.76. The number of aromatic nitrogens is 1. The first-order valence-electron chi connectivity index (χ1n) is 4.50. The number of furan rings is 1. The Labute approximate surface area is 87.2 Å². The second-order valence-electron chi connectivity index (χ2n) is 3.05. The van der Waals surface area contributed by atoms with Gasteiger partial charge in [0.15, 0.2) is 5.76 Å². The van der Waals surface area contributed by atoms with E-state index in [0.29, 0.717) is 5.76 Å². The molecule has 4 nitrogen and oxygen atoms in total. The summed E-state index contributed by atoms with van der Waals surface area (Å²) in [4.78, 5) is 17.2. The highest BCUT2D eigenvalue weighted by atomic mass is 16.3. The number of nitrogens with zero attached hydrogens (tertiary/aromatic N) is 2. The fraction of sp³-hybridized carbons (Fsp3) is 0.0909. The summed E-state index contributed by atoms with van der Waals surface area (Å²) in [5.74, 6) is 0.134. The third kappa shape index (κ3) is 1.88. The number of carbonyl (C=O) groups is 1. The van der Waals surface area contributed by atoms with Crippen molar-refractivity contribution in [1.82, 2.24) is 4.98 Å². The van der Waals surface area contributed by atoms with E-state index in [1.165, 1.54) is 11.2 Å². The molecule has 0 saturated carbocycles. The number of pyridine rings is 1. The molecule has 0 aliphatic heterocycles. The predicted molar refractivity (Wildman–Crippen MR) is 55.7 cm³/mol. The largest absolute Gasteiger partial charge is 0.459 e. The quantitative estimate of drug-likeness (QED) is 0.747. The number of amides is 1. The van der Waals surface area contributed by atoms with Crippen molar-refractivity contribution in [3.63, 3.8) is 0 Å². The lowest BCUT2D eigenvalue weighted by atomic mass is 10.3. The number of hydrogen-bond donors (Lipinski definition) is 0. The van der Waals surface area contributed by atoms with Crippen LogP contribution in [0.5, 0.6) is 0 Å². The van der Waals surface area contributed by atoms with Crippen molar-refractivity contribution < 1.29 is 9.21 Å². The van der Waals surface area contributed by atoms with Crippen LogP contribution in [-0.4, -0.2) is 17.9 Å². The van der Waals surface area contributed by atoms with Crippen LogP contribution in [0.4, 0.5) is 5.69 Å². The van der Waals surface area contributed by atoms with Crippen LogP contribution < -0.4 is 4.90 Å². The molecule has 0 aliphatic carbocycles. The Balaban J connectivity index is 2.23. The smallest absolute Gasteiger partial charge is 0.293 e. The Morgan fingerprint density at radius 1 is 1.40 bits per heavy atom. The summed E-state index contributed by atoms with van der Waals surface area (Å²) in [6, 6.07) is 6.91. The van der Waals surface area contributed by atoms with Gasteiger partial charge < -0.3 is 9.32 Å². The Hall–Kier alpha value is -2.10. The molecule has 2 aromatic rings. The van der Waals surface area contributed by atoms with E-state index in [2.05, 4.69) is 4.98 Å². The highest BCUT2D eigenvalue weighted by Crippen LogP contribution is 2.13. The van der Waals surface area contributed by atoms with E-state index in [9.17, 15) is 4.79 Å². The van der Waals surface area contributed by atoms with Gasteiger partial charge in [0.1, 0.15) is 0 Å². The normalized spacial score (nSPS) is 9.93. The van der Waals surface area contributed by atoms with Crippen LogP contribution in [0.1, 0.15) is 10.6 Å². The van der Waals surface area contributed by atoms with E-state index in [1.54, 1.807) is 37.6 Å². The van der Waals surface area contributed by atoms with Crippen molar-refractivity contribution >= 4 is 11.6 Å². The molecule has 0 unspecified atom stereocenters. The Morgan fingerprint density at radius 2 is 2.27 bits per heavy atom. The maximum absolute atomic E-state index is 11.8. The van der Waals surface area contributed by atoms with Gasteiger partial charge in [-0.1, -0.05) is 0 Å². The molecule has 76 valence electrons. The molecule has 0 fully saturated rings. The zero-order valence-corrected chi connectivity index (χ0v) is 8.25. The molecule has 2 heterocycles. The van der Waals surface area contributed by atoms with Crippen molar-refractivity contribution in [1.29, 1.82) is 0 Å². The lowest BCUT2D eigenvalue weighted by Gasteiger charge is -2.14. The summed E-state index contributed by atoms with van der Waals surface area (Å²) in [6.45, 7) is 0. The minimum Gasteiger partial charge on any atom is -0.459 e. The summed E-state index contributed by atoms with van der Waals surface area (Å²) in [7, 11) is 1.68. The molecule has 0 aliphatic rings. The number of carbonyl (C=O) groups excluding carboxylic acids is 1. The fourth-order valence-electron chi connectivity index (χ4n) is 1.23. The topological polar surface area (TPSA) is 46.3 Å². The first-order chi connectivity index (χ1) is 7.29. The lowest BCUT2D eigenvalue weighted by molar-refractivity contribution is 0.0966. The van der Waals surface area contributed by atoms with Crippen LogP contribution in [0, 0.1) is 0 Å². The third-order valence-corrected chi connectivity index (χ3v) is 2.07. The van der Waals surface area contributed by atoms with E-state index in [4.69, 9.17) is 4.42 Å². The summed E-state index contributed by atoms with van der Waals surface area (Å²) in [5.41, 5.74) is 0.735. The molecule has 0 atom stereocenters. The average Bonchev–Trinajstić information content (AvgIpc) is 2.82. The van der Waals surface area contributed by atoms with Gasteiger partial charge in [0.05, 0.1) is 18.1 Å². The number of anilines is 1. The van der Waals surface area contributed by atoms with Crippen LogP contribution in [-0.2, 0) is 0 Å². The highest BCUT2D eigenvalue weighted by Gasteiger charge is 2.15. The van der Waals surface area contributed by atoms with Gasteiger partial charge in [-0.25, -0.2) is 0 Å². The van der Waals surface area contributed by atoms with Crippen molar-refractivity contribution in [3.05, 3.63) is 48.7 Å². The first kappa shape index (κ1) is 9.45. The van der Waals surface area contributed by atoms with E-state index in [0.717, 1.165) is 5.69 Å². The summed E-state index contributed by atoms with van der Waals surface area (Å²) in [5, 5.41) is 0. The average molecular weight is 202 g/mol. The van der Waals surface area contributed by atoms with Crippen molar-refractivity contribution in [2.45, 2.75) is 0 Å². The third-order valence-electron chi connectivity index (χ3n) is 2.07. The zero-order chi connectivity index (χ0) is 10.7. The van der Waals surface area contributed by atoms with Gasteiger partial charge in [-0.3, -0.25) is 9.78 Å². The molecule has 0 aromatic carbocycles. The molecule has 15 heavy (non-hydrogen) atoms. The molecule has 0 saturated heterocycles. The molecule has 0 N–H and O–H groups in total. The maximum atomic E-state index is 11.8. The van der Waals surface area contributed by atoms with Crippen LogP contribution in [0.15, 0.2) is 47.3 Å². The van der Waals surface area contributed by atoms with Crippen LogP contribution in [0.3, 0.4) is 0 Å². The fourth-order valence-corrected chi connectivity index (χ4v) is 1.23. The van der Waals surface area contributed by atoms with Crippen molar-refractivity contribution in [2.75, 3.05) is 11.9 Å². The maximum Gasteiger partial charge on any atom is 0.293 e. The number of hydrogen-bond acceptors (Lipinski definition) is 3. The van der Waals surface area contributed by atoms with Crippen LogP contribution >= 0.6 is 0 Å². The molecule has 0 radical (unpaired) electrons. The first-order valence-corrected chi connectivity index (χ1v) is 4.50. The van der Waals surface area contributed by atoms with Gasteiger partial charge >= 0.3 is 0 Å². The molecular formula is C11H10N2O2. The monoisotopic (exact) mass is 202 g/mol. The minimum atomic E-state index is -0.187.